The molecule has 0 saturated carbocycles. The molecule has 1 aromatic heterocycles. The van der Waals surface area contributed by atoms with Gasteiger partial charge in [-0.15, -0.1) is 0 Å². The van der Waals surface area contributed by atoms with Gasteiger partial charge in [-0.3, -0.25) is 0 Å². The summed E-state index contributed by atoms with van der Waals surface area (Å²) in [6.07, 6.45) is 0.613. The minimum absolute atomic E-state index is 0.0533. The van der Waals surface area contributed by atoms with E-state index in [1.54, 1.807) is 6.07 Å². The highest BCUT2D eigenvalue weighted by Gasteiger charge is 2.23. The van der Waals surface area contributed by atoms with Gasteiger partial charge in [-0.2, -0.15) is 0 Å². The van der Waals surface area contributed by atoms with Crippen LogP contribution in [0.15, 0.2) is 16.7 Å². The number of ether oxygens (including phenoxy) is 4. The fourth-order valence-electron chi connectivity index (χ4n) is 1.34. The zero-order valence-electron chi connectivity index (χ0n) is 11.8. The minimum atomic E-state index is -0.801. The molecule has 1 rings (SSSR count). The van der Waals surface area contributed by atoms with Crippen LogP contribution in [-0.4, -0.2) is 32.5 Å². The van der Waals surface area contributed by atoms with E-state index in [-0.39, 0.29) is 5.94 Å². The maximum absolute atomic E-state index is 11.3. The smallest absolute Gasteiger partial charge is 0.469 e. The first-order valence-electron chi connectivity index (χ1n) is 5.92. The number of methoxy groups -OCH3 is 2. The largest absolute Gasteiger partial charge is 0.509 e. The highest BCUT2D eigenvalue weighted by atomic mass is 33.1. The summed E-state index contributed by atoms with van der Waals surface area (Å²) in [6.45, 7) is 1.93. The summed E-state index contributed by atoms with van der Waals surface area (Å²) < 4.78 is 24.1. The maximum Gasteiger partial charge on any atom is 0.509 e. The lowest BCUT2D eigenvalue weighted by Gasteiger charge is -2.15. The van der Waals surface area contributed by atoms with E-state index in [0.717, 1.165) is 5.56 Å². The van der Waals surface area contributed by atoms with Crippen LogP contribution in [0, 0.1) is 0 Å². The Hall–Kier alpha value is -1.48. The van der Waals surface area contributed by atoms with E-state index in [0.29, 0.717) is 12.2 Å². The Morgan fingerprint density at radius 1 is 1.29 bits per heavy atom. The molecule has 0 saturated heterocycles. The van der Waals surface area contributed by atoms with E-state index in [2.05, 4.69) is 9.47 Å². The monoisotopic (exact) mass is 336 g/mol. The summed E-state index contributed by atoms with van der Waals surface area (Å²) in [4.78, 5) is 22.1. The number of hydrogen-bond acceptors (Lipinski definition) is 9. The van der Waals surface area contributed by atoms with Gasteiger partial charge in [-0.05, 0) is 27.7 Å². The molecule has 0 aromatic carbocycles. The Labute approximate surface area is 130 Å². The van der Waals surface area contributed by atoms with Crippen molar-refractivity contribution in [1.82, 2.24) is 0 Å². The van der Waals surface area contributed by atoms with E-state index in [1.807, 2.05) is 6.92 Å². The van der Waals surface area contributed by atoms with Gasteiger partial charge in [0.2, 0.25) is 0 Å². The second-order valence-corrected chi connectivity index (χ2v) is 5.86. The van der Waals surface area contributed by atoms with E-state index in [9.17, 15) is 9.59 Å². The van der Waals surface area contributed by atoms with Crippen molar-refractivity contribution in [2.24, 2.45) is 0 Å². The second kappa shape index (κ2) is 9.46. The topological polar surface area (TPSA) is 84.2 Å². The van der Waals surface area contributed by atoms with Crippen LogP contribution < -0.4 is 0 Å². The zero-order valence-corrected chi connectivity index (χ0v) is 13.5. The van der Waals surface area contributed by atoms with Gasteiger partial charge >= 0.3 is 12.3 Å². The van der Waals surface area contributed by atoms with E-state index < -0.39 is 17.7 Å². The number of hydrogen-bond donors (Lipinski definition) is 0. The summed E-state index contributed by atoms with van der Waals surface area (Å²) in [5, 5.41) is 0. The number of rotatable bonds is 7. The minimum Gasteiger partial charge on any atom is -0.469 e. The fraction of sp³-hybridized carbons (Fsp3) is 0.500. The Kier molecular flexibility index (Phi) is 7.91. The molecule has 1 aromatic rings. The summed E-state index contributed by atoms with van der Waals surface area (Å²) >= 11 is 0. The third-order valence-electron chi connectivity index (χ3n) is 2.27. The van der Waals surface area contributed by atoms with Crippen LogP contribution in [0.1, 0.15) is 23.7 Å². The molecule has 1 heterocycles. The third-order valence-corrected chi connectivity index (χ3v) is 4.37. The van der Waals surface area contributed by atoms with Crippen molar-refractivity contribution < 1.29 is 33.0 Å². The Balaban J connectivity index is 2.61. The van der Waals surface area contributed by atoms with Crippen molar-refractivity contribution in [3.05, 3.63) is 23.7 Å². The molecule has 0 amide bonds. The molecule has 0 spiro atoms. The van der Waals surface area contributed by atoms with Gasteiger partial charge in [-0.1, -0.05) is 6.92 Å². The number of carbonyl (C=O) groups is 2. The van der Waals surface area contributed by atoms with Crippen LogP contribution in [0.4, 0.5) is 9.59 Å². The Morgan fingerprint density at radius 3 is 2.62 bits per heavy atom. The summed E-state index contributed by atoms with van der Waals surface area (Å²) in [5.74, 6) is 0.767. The highest BCUT2D eigenvalue weighted by Crippen LogP contribution is 2.41. The molecule has 21 heavy (non-hydrogen) atoms. The zero-order chi connectivity index (χ0) is 15.7. The van der Waals surface area contributed by atoms with Crippen LogP contribution in [0.5, 0.6) is 0 Å². The average Bonchev–Trinajstić information content (AvgIpc) is 2.98. The van der Waals surface area contributed by atoms with Gasteiger partial charge in [0.05, 0.1) is 20.5 Å². The molecule has 1 unspecified atom stereocenters. The van der Waals surface area contributed by atoms with Gasteiger partial charge in [0.15, 0.2) is 11.4 Å². The molecule has 0 aliphatic rings. The normalized spacial score (nSPS) is 11.6. The summed E-state index contributed by atoms with van der Waals surface area (Å²) in [5.41, 5.74) is 0.107. The Bertz CT molecular complexity index is 460. The standard InChI is InChI=1S/C12H16O7S2/c1-4-9-8(5-6-17-9)10(19-12(14)16-3)21-20-7-18-11(13)15-2/h5-6,10H,4,7H2,1-3H3. The number of aryl methyl sites for hydroxylation is 1. The van der Waals surface area contributed by atoms with Gasteiger partial charge < -0.3 is 23.4 Å². The highest BCUT2D eigenvalue weighted by molar-refractivity contribution is 8.76. The molecule has 0 N–H and O–H groups in total. The lowest BCUT2D eigenvalue weighted by Crippen LogP contribution is -2.09. The van der Waals surface area contributed by atoms with E-state index in [4.69, 9.17) is 13.9 Å². The fourth-order valence-corrected chi connectivity index (χ4v) is 3.20. The second-order valence-electron chi connectivity index (χ2n) is 3.49. The summed E-state index contributed by atoms with van der Waals surface area (Å²) in [6, 6.07) is 1.72. The molecule has 9 heteroatoms. The van der Waals surface area contributed by atoms with Gasteiger partial charge in [-0.25, -0.2) is 9.59 Å². The van der Waals surface area contributed by atoms with Gasteiger partial charge in [0, 0.05) is 12.0 Å². The van der Waals surface area contributed by atoms with Crippen molar-refractivity contribution in [2.75, 3.05) is 20.2 Å². The first-order valence-corrected chi connectivity index (χ1v) is 8.30. The first kappa shape index (κ1) is 17.6. The lowest BCUT2D eigenvalue weighted by molar-refractivity contribution is 0.0638. The van der Waals surface area contributed by atoms with Crippen molar-refractivity contribution in [3.63, 3.8) is 0 Å². The average molecular weight is 336 g/mol. The van der Waals surface area contributed by atoms with E-state index >= 15 is 0 Å². The third kappa shape index (κ3) is 5.80. The summed E-state index contributed by atoms with van der Waals surface area (Å²) in [7, 11) is 4.85. The molecular formula is C12H16O7S2. The van der Waals surface area contributed by atoms with Crippen LogP contribution in [0.3, 0.4) is 0 Å². The van der Waals surface area contributed by atoms with Crippen LogP contribution in [-0.2, 0) is 25.4 Å². The molecule has 7 nitrogen and oxygen atoms in total. The van der Waals surface area contributed by atoms with Gasteiger partial charge in [0.25, 0.3) is 0 Å². The maximum atomic E-state index is 11.3. The number of furan rings is 1. The lowest BCUT2D eigenvalue weighted by atomic mass is 10.2. The predicted octanol–water partition coefficient (Wildman–Crippen LogP) is 3.75. The first-order chi connectivity index (χ1) is 10.1. The molecule has 0 aliphatic heterocycles. The number of carbonyl (C=O) groups excluding carboxylic acids is 2. The predicted molar refractivity (Wildman–Crippen MR) is 77.9 cm³/mol. The van der Waals surface area contributed by atoms with Crippen LogP contribution in [0.25, 0.3) is 0 Å². The quantitative estimate of drug-likeness (QED) is 0.320. The Morgan fingerprint density at radius 2 is 2.00 bits per heavy atom. The van der Waals surface area contributed by atoms with Crippen molar-refractivity contribution in [3.8, 4) is 0 Å². The molecule has 1 atom stereocenters. The van der Waals surface area contributed by atoms with Crippen molar-refractivity contribution in [2.45, 2.75) is 18.8 Å². The van der Waals surface area contributed by atoms with E-state index in [1.165, 1.54) is 42.1 Å². The molecule has 0 bridgehead atoms. The van der Waals surface area contributed by atoms with Crippen LogP contribution >= 0.6 is 21.6 Å². The molecular weight excluding hydrogens is 320 g/mol. The molecule has 0 aliphatic carbocycles. The SMILES string of the molecule is CCc1occc1C(OC(=O)OC)SSCOC(=O)OC. The molecule has 118 valence electrons. The van der Waals surface area contributed by atoms with Gasteiger partial charge in [0.1, 0.15) is 5.76 Å². The molecule has 0 radical (unpaired) electrons. The van der Waals surface area contributed by atoms with Crippen LogP contribution in [0.2, 0.25) is 0 Å². The molecule has 0 fully saturated rings. The van der Waals surface area contributed by atoms with Crippen molar-refractivity contribution in [1.29, 1.82) is 0 Å². The van der Waals surface area contributed by atoms with Crippen molar-refractivity contribution >= 4 is 33.9 Å².